The fourth-order valence-corrected chi connectivity index (χ4v) is 5.07. The van der Waals surface area contributed by atoms with Gasteiger partial charge in [-0.05, 0) is 67.9 Å². The van der Waals surface area contributed by atoms with Gasteiger partial charge < -0.3 is 0 Å². The number of rotatable bonds is 3. The highest BCUT2D eigenvalue weighted by molar-refractivity contribution is 7.97. The highest BCUT2D eigenvalue weighted by atomic mass is 32.2. The van der Waals surface area contributed by atoms with Crippen LogP contribution in [0.25, 0.3) is 0 Å². The molecular weight excluding hydrogens is 410 g/mol. The zero-order valence-corrected chi connectivity index (χ0v) is 16.3. The zero-order valence-electron chi connectivity index (χ0n) is 15.5. The Morgan fingerprint density at radius 3 is 1.48 bits per heavy atom. The molecule has 29 heavy (non-hydrogen) atoms. The average molecular weight is 427 g/mol. The van der Waals surface area contributed by atoms with Crippen molar-refractivity contribution in [3.8, 4) is 0 Å². The first-order valence-electron chi connectivity index (χ1n) is 8.62. The topological polar surface area (TPSA) is 0 Å². The maximum Gasteiger partial charge on any atom is 0.416 e. The smallest absolute Gasteiger partial charge is 0.166 e. The van der Waals surface area contributed by atoms with Crippen molar-refractivity contribution in [3.05, 3.63) is 89.0 Å². The van der Waals surface area contributed by atoms with Crippen LogP contribution in [0.1, 0.15) is 22.3 Å². The molecule has 152 valence electrons. The van der Waals surface area contributed by atoms with Crippen LogP contribution in [0.15, 0.2) is 81.4 Å². The van der Waals surface area contributed by atoms with E-state index in [1.54, 1.807) is 25.1 Å². The summed E-state index contributed by atoms with van der Waals surface area (Å²) in [5.41, 5.74) is -0.158. The molecule has 1 atom stereocenters. The van der Waals surface area contributed by atoms with Gasteiger partial charge in [0.25, 0.3) is 0 Å². The van der Waals surface area contributed by atoms with Gasteiger partial charge in [0.2, 0.25) is 0 Å². The monoisotopic (exact) mass is 427 g/mol. The molecule has 7 heteroatoms. The average Bonchev–Trinajstić information content (AvgIpc) is 2.62. The van der Waals surface area contributed by atoms with Gasteiger partial charge in [-0.15, -0.1) is 0 Å². The lowest BCUT2D eigenvalue weighted by Gasteiger charge is -2.13. The van der Waals surface area contributed by atoms with Gasteiger partial charge in [-0.1, -0.05) is 17.7 Å². The third kappa shape index (κ3) is 4.96. The molecule has 0 spiro atoms. The van der Waals surface area contributed by atoms with E-state index < -0.39 is 34.4 Å². The Balaban J connectivity index is 2.17. The normalized spacial score (nSPS) is 13.4. The molecule has 3 aromatic carbocycles. The van der Waals surface area contributed by atoms with E-state index in [-0.39, 0.29) is 0 Å². The van der Waals surface area contributed by atoms with E-state index >= 15 is 0 Å². The quantitative estimate of drug-likeness (QED) is 0.301. The summed E-state index contributed by atoms with van der Waals surface area (Å²) in [7, 11) is -0.981. The lowest BCUT2D eigenvalue weighted by Crippen LogP contribution is -2.11. The number of hydrogen-bond donors (Lipinski definition) is 0. The SMILES string of the molecule is Cc1ccc([S+](c2ccc(C(F)(F)F)cc2)c2cc(C)cc(C(F)(F)F)c2)cc1. The Bertz CT molecular complexity index is 986. The van der Waals surface area contributed by atoms with Crippen molar-refractivity contribution >= 4 is 10.9 Å². The standard InChI is InChI=1S/C22H17F6S/c1-14-3-7-18(8-4-14)29(19-9-5-16(6-10-19)21(23,24)25)20-12-15(2)11-17(13-20)22(26,27)28/h3-13H,1-2H3/q+1. The van der Waals surface area contributed by atoms with Crippen LogP contribution >= 0.6 is 0 Å². The lowest BCUT2D eigenvalue weighted by molar-refractivity contribution is -0.138. The van der Waals surface area contributed by atoms with E-state index in [1.807, 2.05) is 19.1 Å². The molecule has 0 aliphatic rings. The molecule has 0 saturated heterocycles. The molecule has 0 amide bonds. The zero-order chi connectivity index (χ0) is 21.4. The lowest BCUT2D eigenvalue weighted by atomic mass is 10.1. The van der Waals surface area contributed by atoms with Crippen molar-refractivity contribution in [2.24, 2.45) is 0 Å². The van der Waals surface area contributed by atoms with Gasteiger partial charge in [0.15, 0.2) is 14.7 Å². The van der Waals surface area contributed by atoms with Crippen LogP contribution in [-0.4, -0.2) is 0 Å². The van der Waals surface area contributed by atoms with Crippen LogP contribution in [-0.2, 0) is 23.2 Å². The van der Waals surface area contributed by atoms with Crippen molar-refractivity contribution in [2.45, 2.75) is 40.9 Å². The number of hydrogen-bond acceptors (Lipinski definition) is 0. The van der Waals surface area contributed by atoms with Crippen LogP contribution in [0.3, 0.4) is 0 Å². The van der Waals surface area contributed by atoms with E-state index in [0.717, 1.165) is 34.7 Å². The van der Waals surface area contributed by atoms with Crippen molar-refractivity contribution in [2.75, 3.05) is 0 Å². The summed E-state index contributed by atoms with van der Waals surface area (Å²) >= 11 is 0. The summed E-state index contributed by atoms with van der Waals surface area (Å²) in [6.45, 7) is 3.45. The van der Waals surface area contributed by atoms with Gasteiger partial charge in [-0.3, -0.25) is 0 Å². The Kier molecular flexibility index (Phi) is 5.72. The van der Waals surface area contributed by atoms with E-state index in [1.165, 1.54) is 12.1 Å². The molecule has 0 aromatic heterocycles. The maximum atomic E-state index is 13.3. The molecule has 3 rings (SSSR count). The van der Waals surface area contributed by atoms with Crippen molar-refractivity contribution < 1.29 is 26.3 Å². The van der Waals surface area contributed by atoms with E-state index in [0.29, 0.717) is 15.4 Å². The first kappa shape index (κ1) is 21.3. The second-order valence-electron chi connectivity index (χ2n) is 6.67. The molecule has 3 aromatic rings. The first-order valence-corrected chi connectivity index (χ1v) is 9.85. The third-order valence-electron chi connectivity index (χ3n) is 4.29. The van der Waals surface area contributed by atoms with Crippen LogP contribution in [0.2, 0.25) is 0 Å². The number of alkyl halides is 6. The Morgan fingerprint density at radius 2 is 1.00 bits per heavy atom. The largest absolute Gasteiger partial charge is 0.416 e. The fourth-order valence-electron chi connectivity index (χ4n) is 2.89. The molecule has 1 unspecified atom stereocenters. The van der Waals surface area contributed by atoms with Gasteiger partial charge in [0.1, 0.15) is 0 Å². The van der Waals surface area contributed by atoms with Gasteiger partial charge in [-0.2, -0.15) is 26.3 Å². The van der Waals surface area contributed by atoms with Crippen LogP contribution < -0.4 is 0 Å². The first-order chi connectivity index (χ1) is 13.4. The number of benzene rings is 3. The molecule has 0 bridgehead atoms. The highest BCUT2D eigenvalue weighted by Gasteiger charge is 2.36. The molecule has 0 saturated carbocycles. The second-order valence-corrected chi connectivity index (χ2v) is 8.70. The highest BCUT2D eigenvalue weighted by Crippen LogP contribution is 2.38. The molecule has 0 fully saturated rings. The molecule has 0 radical (unpaired) electrons. The summed E-state index contributed by atoms with van der Waals surface area (Å²) in [6.07, 6.45) is -8.99. The van der Waals surface area contributed by atoms with E-state index in [2.05, 4.69) is 0 Å². The fraction of sp³-hybridized carbons (Fsp3) is 0.182. The second kappa shape index (κ2) is 7.78. The van der Waals surface area contributed by atoms with Gasteiger partial charge in [0, 0.05) is 6.07 Å². The number of aryl methyl sites for hydroxylation is 2. The summed E-state index contributed by atoms with van der Waals surface area (Å²) in [5, 5.41) is 0. The van der Waals surface area contributed by atoms with Crippen molar-refractivity contribution in [1.82, 2.24) is 0 Å². The van der Waals surface area contributed by atoms with Gasteiger partial charge in [0.05, 0.1) is 22.0 Å². The van der Waals surface area contributed by atoms with Gasteiger partial charge in [-0.25, -0.2) is 0 Å². The minimum Gasteiger partial charge on any atom is -0.166 e. The van der Waals surface area contributed by atoms with Crippen molar-refractivity contribution in [3.63, 3.8) is 0 Å². The molecule has 0 aliphatic carbocycles. The predicted octanol–water partition coefficient (Wildman–Crippen LogP) is 7.44. The minimum absolute atomic E-state index is 0.404. The predicted molar refractivity (Wildman–Crippen MR) is 101 cm³/mol. The summed E-state index contributed by atoms with van der Waals surface area (Å²) < 4.78 is 78.8. The van der Waals surface area contributed by atoms with Crippen LogP contribution in [0.4, 0.5) is 26.3 Å². The van der Waals surface area contributed by atoms with Crippen molar-refractivity contribution in [1.29, 1.82) is 0 Å². The summed E-state index contributed by atoms with van der Waals surface area (Å²) in [4.78, 5) is 1.65. The maximum absolute atomic E-state index is 13.3. The number of halogens is 6. The van der Waals surface area contributed by atoms with E-state index in [9.17, 15) is 26.3 Å². The Hall–Kier alpha value is -2.41. The van der Waals surface area contributed by atoms with E-state index in [4.69, 9.17) is 0 Å². The summed E-state index contributed by atoms with van der Waals surface area (Å²) in [6, 6.07) is 15.6. The molecule has 0 N–H and O–H groups in total. The molecule has 0 nitrogen and oxygen atoms in total. The molecular formula is C22H17F6S+. The van der Waals surface area contributed by atoms with Crippen LogP contribution in [0.5, 0.6) is 0 Å². The third-order valence-corrected chi connectivity index (χ3v) is 6.48. The van der Waals surface area contributed by atoms with Gasteiger partial charge >= 0.3 is 12.4 Å². The minimum atomic E-state index is -4.51. The van der Waals surface area contributed by atoms with Crippen LogP contribution in [0, 0.1) is 13.8 Å². The molecule has 0 aliphatic heterocycles. The summed E-state index contributed by atoms with van der Waals surface area (Å²) in [5.74, 6) is 0. The Morgan fingerprint density at radius 1 is 0.517 bits per heavy atom. The Labute approximate surface area is 167 Å². The molecule has 0 heterocycles.